The van der Waals surface area contributed by atoms with Gasteiger partial charge in [-0.25, -0.2) is 9.37 Å². The van der Waals surface area contributed by atoms with Gasteiger partial charge >= 0.3 is 0 Å². The van der Waals surface area contributed by atoms with E-state index in [0.29, 0.717) is 35.0 Å². The number of aliphatic imine (C=N–C) groups is 1. The van der Waals surface area contributed by atoms with Crippen molar-refractivity contribution in [3.63, 3.8) is 0 Å². The Hall–Kier alpha value is -2.67. The number of nitrogens with one attached hydrogen (secondary N) is 2. The number of benzene rings is 2. The van der Waals surface area contributed by atoms with Gasteiger partial charge in [0.05, 0.1) is 12.2 Å². The predicted molar refractivity (Wildman–Crippen MR) is 103 cm³/mol. The average molecular weight is 417 g/mol. The Morgan fingerprint density at radius 1 is 1.15 bits per heavy atom. The molecule has 3 rings (SSSR count). The van der Waals surface area contributed by atoms with Crippen LogP contribution in [0.2, 0.25) is 0 Å². The van der Waals surface area contributed by atoms with Gasteiger partial charge in [0, 0.05) is 29.2 Å². The number of guanidine groups is 1. The molecule has 0 unspecified atom stereocenters. The first-order valence-electron chi connectivity index (χ1n) is 8.04. The van der Waals surface area contributed by atoms with Crippen molar-refractivity contribution in [1.29, 1.82) is 0 Å². The maximum Gasteiger partial charge on any atom is 0.226 e. The Morgan fingerprint density at radius 2 is 1.92 bits per heavy atom. The van der Waals surface area contributed by atoms with Crippen molar-refractivity contribution in [1.82, 2.24) is 15.6 Å². The summed E-state index contributed by atoms with van der Waals surface area (Å²) < 4.78 is 20.1. The van der Waals surface area contributed by atoms with Gasteiger partial charge in [-0.3, -0.25) is 4.99 Å². The Balaban J connectivity index is 1.55. The molecule has 0 saturated carbocycles. The number of aromatic nitrogens is 1. The molecule has 0 spiro atoms. The molecular weight excluding hydrogens is 399 g/mol. The lowest BCUT2D eigenvalue weighted by Gasteiger charge is -2.11. The second kappa shape index (κ2) is 8.62. The third kappa shape index (κ3) is 4.70. The fraction of sp³-hybridized carbons (Fsp3) is 0.158. The molecule has 0 fully saturated rings. The number of oxazole rings is 1. The summed E-state index contributed by atoms with van der Waals surface area (Å²) in [6.07, 6.45) is 1.61. The minimum absolute atomic E-state index is 0.272. The zero-order chi connectivity index (χ0) is 18.4. The quantitative estimate of drug-likeness (QED) is 0.485. The van der Waals surface area contributed by atoms with Crippen molar-refractivity contribution in [3.8, 4) is 11.5 Å². The molecule has 2 aromatic carbocycles. The monoisotopic (exact) mass is 416 g/mol. The van der Waals surface area contributed by atoms with Gasteiger partial charge in [0.25, 0.3) is 0 Å². The fourth-order valence-corrected chi connectivity index (χ4v) is 2.67. The van der Waals surface area contributed by atoms with Crippen molar-refractivity contribution in [3.05, 3.63) is 76.3 Å². The first kappa shape index (κ1) is 18.1. The minimum atomic E-state index is -0.272. The van der Waals surface area contributed by atoms with Crippen LogP contribution in [0.4, 0.5) is 4.39 Å². The molecule has 7 heteroatoms. The van der Waals surface area contributed by atoms with Crippen molar-refractivity contribution in [2.75, 3.05) is 7.05 Å². The van der Waals surface area contributed by atoms with E-state index in [-0.39, 0.29) is 5.82 Å². The minimum Gasteiger partial charge on any atom is -0.444 e. The summed E-state index contributed by atoms with van der Waals surface area (Å²) >= 11 is 3.25. The molecule has 3 aromatic rings. The second-order valence-electron chi connectivity index (χ2n) is 5.53. The molecule has 5 nitrogen and oxygen atoms in total. The molecule has 0 radical (unpaired) electrons. The van der Waals surface area contributed by atoms with Crippen LogP contribution in [-0.4, -0.2) is 18.0 Å². The number of rotatable bonds is 5. The predicted octanol–water partition coefficient (Wildman–Crippen LogP) is 4.11. The van der Waals surface area contributed by atoms with E-state index < -0.39 is 0 Å². The molecule has 26 heavy (non-hydrogen) atoms. The van der Waals surface area contributed by atoms with E-state index in [1.165, 1.54) is 6.07 Å². The topological polar surface area (TPSA) is 62.5 Å². The molecule has 2 N–H and O–H groups in total. The van der Waals surface area contributed by atoms with Crippen molar-refractivity contribution < 1.29 is 8.81 Å². The van der Waals surface area contributed by atoms with Crippen LogP contribution in [-0.2, 0) is 13.1 Å². The van der Waals surface area contributed by atoms with E-state index in [1.54, 1.807) is 25.4 Å². The summed E-state index contributed by atoms with van der Waals surface area (Å²) in [6, 6.07) is 14.7. The van der Waals surface area contributed by atoms with E-state index in [0.717, 1.165) is 11.3 Å². The van der Waals surface area contributed by atoms with Gasteiger partial charge in [0.1, 0.15) is 12.1 Å². The zero-order valence-electron chi connectivity index (χ0n) is 14.2. The van der Waals surface area contributed by atoms with Crippen LogP contribution in [0.5, 0.6) is 0 Å². The van der Waals surface area contributed by atoms with Gasteiger partial charge in [0.15, 0.2) is 5.96 Å². The molecular formula is C19H18BrFN4O. The zero-order valence-corrected chi connectivity index (χ0v) is 15.8. The van der Waals surface area contributed by atoms with E-state index in [1.807, 2.05) is 30.3 Å². The largest absolute Gasteiger partial charge is 0.444 e. The molecule has 0 bridgehead atoms. The van der Waals surface area contributed by atoms with Crippen LogP contribution in [0.25, 0.3) is 11.5 Å². The molecule has 0 saturated heterocycles. The lowest BCUT2D eigenvalue weighted by atomic mass is 10.2. The third-order valence-electron chi connectivity index (χ3n) is 3.69. The van der Waals surface area contributed by atoms with E-state index >= 15 is 0 Å². The summed E-state index contributed by atoms with van der Waals surface area (Å²) in [4.78, 5) is 8.59. The van der Waals surface area contributed by atoms with Crippen LogP contribution in [0.3, 0.4) is 0 Å². The van der Waals surface area contributed by atoms with Crippen molar-refractivity contribution in [2.24, 2.45) is 4.99 Å². The van der Waals surface area contributed by atoms with E-state index in [4.69, 9.17) is 4.42 Å². The number of hydrogen-bond donors (Lipinski definition) is 2. The highest BCUT2D eigenvalue weighted by Crippen LogP contribution is 2.18. The molecule has 134 valence electrons. The van der Waals surface area contributed by atoms with Crippen LogP contribution >= 0.6 is 15.9 Å². The normalized spacial score (nSPS) is 11.4. The SMILES string of the molecule is CN=C(NCc1coc(-c2ccccc2)n1)NCc1ccc(Br)cc1F. The average Bonchev–Trinajstić information content (AvgIpc) is 3.13. The van der Waals surface area contributed by atoms with Crippen LogP contribution < -0.4 is 10.6 Å². The second-order valence-corrected chi connectivity index (χ2v) is 6.44. The first-order chi connectivity index (χ1) is 12.7. The Bertz CT molecular complexity index is 896. The highest BCUT2D eigenvalue weighted by molar-refractivity contribution is 9.10. The number of hydrogen-bond acceptors (Lipinski definition) is 3. The number of halogens is 2. The molecule has 0 aliphatic rings. The maximum absolute atomic E-state index is 13.9. The Labute approximate surface area is 159 Å². The fourth-order valence-electron chi connectivity index (χ4n) is 2.34. The lowest BCUT2D eigenvalue weighted by molar-refractivity contribution is 0.572. The van der Waals surface area contributed by atoms with Gasteiger partial charge in [-0.2, -0.15) is 0 Å². The van der Waals surface area contributed by atoms with Gasteiger partial charge < -0.3 is 15.1 Å². The summed E-state index contributed by atoms with van der Waals surface area (Å²) in [5.41, 5.74) is 2.23. The lowest BCUT2D eigenvalue weighted by Crippen LogP contribution is -2.36. The standard InChI is InChI=1S/C19H18BrFN4O/c1-22-19(23-10-14-7-8-15(20)9-17(14)21)24-11-16-12-26-18(25-16)13-5-3-2-4-6-13/h2-9,12H,10-11H2,1H3,(H2,22,23,24). The van der Waals surface area contributed by atoms with Crippen LogP contribution in [0.15, 0.2) is 68.7 Å². The van der Waals surface area contributed by atoms with Crippen molar-refractivity contribution >= 4 is 21.9 Å². The van der Waals surface area contributed by atoms with Gasteiger partial charge in [-0.05, 0) is 24.3 Å². The molecule has 0 atom stereocenters. The summed E-state index contributed by atoms with van der Waals surface area (Å²) in [7, 11) is 1.66. The molecule has 1 aromatic heterocycles. The molecule has 0 aliphatic heterocycles. The molecule has 0 amide bonds. The Morgan fingerprint density at radius 3 is 2.65 bits per heavy atom. The maximum atomic E-state index is 13.9. The van der Waals surface area contributed by atoms with Crippen LogP contribution in [0.1, 0.15) is 11.3 Å². The smallest absolute Gasteiger partial charge is 0.226 e. The third-order valence-corrected chi connectivity index (χ3v) is 4.19. The van der Waals surface area contributed by atoms with E-state index in [2.05, 4.69) is 36.5 Å². The van der Waals surface area contributed by atoms with Gasteiger partial charge in [-0.1, -0.05) is 40.2 Å². The van der Waals surface area contributed by atoms with Crippen molar-refractivity contribution in [2.45, 2.75) is 13.1 Å². The van der Waals surface area contributed by atoms with Crippen LogP contribution in [0, 0.1) is 5.82 Å². The molecule has 1 heterocycles. The molecule has 0 aliphatic carbocycles. The highest BCUT2D eigenvalue weighted by Gasteiger charge is 2.08. The summed E-state index contributed by atoms with van der Waals surface area (Å²) in [5, 5.41) is 6.22. The van der Waals surface area contributed by atoms with E-state index in [9.17, 15) is 4.39 Å². The summed E-state index contributed by atoms with van der Waals surface area (Å²) in [6.45, 7) is 0.770. The summed E-state index contributed by atoms with van der Waals surface area (Å²) in [5.74, 6) is 0.852. The first-order valence-corrected chi connectivity index (χ1v) is 8.83. The number of nitrogens with zero attached hydrogens (tertiary/aromatic N) is 2. The highest BCUT2D eigenvalue weighted by atomic mass is 79.9. The Kier molecular flexibility index (Phi) is 6.01. The van der Waals surface area contributed by atoms with Gasteiger partial charge in [-0.15, -0.1) is 0 Å². The van der Waals surface area contributed by atoms with Gasteiger partial charge in [0.2, 0.25) is 5.89 Å².